The van der Waals surface area contributed by atoms with Crippen LogP contribution in [0.15, 0.2) is 60.0 Å². The topological polar surface area (TPSA) is 77.3 Å². The van der Waals surface area contributed by atoms with Crippen molar-refractivity contribution in [3.8, 4) is 16.9 Å². The largest absolute Gasteiger partial charge is 0.496 e. The first-order chi connectivity index (χ1) is 13.0. The first-order valence-electron chi connectivity index (χ1n) is 8.56. The molecule has 1 aromatic carbocycles. The van der Waals surface area contributed by atoms with Crippen LogP contribution in [0.3, 0.4) is 0 Å². The summed E-state index contributed by atoms with van der Waals surface area (Å²) in [5.41, 5.74) is 2.63. The number of sulfonamides is 1. The van der Waals surface area contributed by atoms with Gasteiger partial charge in [-0.3, -0.25) is 9.67 Å². The van der Waals surface area contributed by atoms with Crippen molar-refractivity contribution in [3.63, 3.8) is 0 Å². The molecule has 3 heterocycles. The highest BCUT2D eigenvalue weighted by atomic mass is 32.2. The Morgan fingerprint density at radius 2 is 1.89 bits per heavy atom. The van der Waals surface area contributed by atoms with Gasteiger partial charge in [-0.15, -0.1) is 0 Å². The first kappa shape index (κ1) is 17.7. The average molecular weight is 384 g/mol. The number of ether oxygens (including phenoxy) is 1. The summed E-state index contributed by atoms with van der Waals surface area (Å²) in [6, 6.07) is 8.80. The number of nitrogens with zero attached hydrogens (tertiary/aromatic N) is 4. The van der Waals surface area contributed by atoms with Crippen molar-refractivity contribution in [2.45, 2.75) is 10.8 Å². The van der Waals surface area contributed by atoms with Crippen LogP contribution >= 0.6 is 0 Å². The summed E-state index contributed by atoms with van der Waals surface area (Å²) in [5.74, 6) is 0.819. The Morgan fingerprint density at radius 3 is 2.52 bits per heavy atom. The number of aromatic nitrogens is 3. The predicted octanol–water partition coefficient (Wildman–Crippen LogP) is 2.28. The van der Waals surface area contributed by atoms with Crippen LogP contribution in [0.4, 0.5) is 0 Å². The fourth-order valence-electron chi connectivity index (χ4n) is 3.26. The first-order valence-corrected chi connectivity index (χ1v) is 10.00. The lowest BCUT2D eigenvalue weighted by atomic mass is 9.95. The maximum atomic E-state index is 13.0. The second-order valence-corrected chi connectivity index (χ2v) is 8.50. The number of benzene rings is 1. The van der Waals surface area contributed by atoms with E-state index < -0.39 is 10.0 Å². The number of hydrogen-bond acceptors (Lipinski definition) is 5. The molecule has 0 atom stereocenters. The van der Waals surface area contributed by atoms with E-state index in [1.165, 1.54) is 4.31 Å². The van der Waals surface area contributed by atoms with Crippen LogP contribution in [0.1, 0.15) is 11.5 Å². The molecule has 1 saturated heterocycles. The van der Waals surface area contributed by atoms with Crippen molar-refractivity contribution in [1.82, 2.24) is 19.1 Å². The van der Waals surface area contributed by atoms with Gasteiger partial charge in [0.05, 0.1) is 18.2 Å². The van der Waals surface area contributed by atoms with Crippen LogP contribution in [0.5, 0.6) is 5.75 Å². The standard InChI is InChI=1S/C19H20N4O3S/c1-22-11-15(10-21-22)18-9-17(3-4-19(18)26-2)27(24,25)23-12-16(13-23)14-5-7-20-8-6-14/h3-11,16H,12-13H2,1-2H3. The van der Waals surface area contributed by atoms with Crippen molar-refractivity contribution in [2.75, 3.05) is 20.2 Å². The molecular formula is C19H20N4O3S. The minimum absolute atomic E-state index is 0.207. The molecule has 0 N–H and O–H groups in total. The zero-order chi connectivity index (χ0) is 19.0. The van der Waals surface area contributed by atoms with Crippen LogP contribution in [0.25, 0.3) is 11.1 Å². The van der Waals surface area contributed by atoms with Gasteiger partial charge in [-0.1, -0.05) is 0 Å². The molecule has 7 nitrogen and oxygen atoms in total. The van der Waals surface area contributed by atoms with Gasteiger partial charge in [-0.05, 0) is 35.9 Å². The van der Waals surface area contributed by atoms with Gasteiger partial charge in [0.1, 0.15) is 5.75 Å². The number of aryl methyl sites for hydroxylation is 1. The Labute approximate surface area is 158 Å². The van der Waals surface area contributed by atoms with Crippen LogP contribution in [-0.2, 0) is 17.1 Å². The smallest absolute Gasteiger partial charge is 0.243 e. The zero-order valence-corrected chi connectivity index (χ0v) is 15.9. The molecule has 0 spiro atoms. The molecule has 0 aliphatic carbocycles. The molecular weight excluding hydrogens is 364 g/mol. The Morgan fingerprint density at radius 1 is 1.15 bits per heavy atom. The predicted molar refractivity (Wildman–Crippen MR) is 101 cm³/mol. The van der Waals surface area contributed by atoms with E-state index in [1.807, 2.05) is 25.4 Å². The molecule has 0 unspecified atom stereocenters. The van der Waals surface area contributed by atoms with Crippen molar-refractivity contribution in [1.29, 1.82) is 0 Å². The molecule has 1 fully saturated rings. The molecule has 0 saturated carbocycles. The van der Waals surface area contributed by atoms with Gasteiger partial charge in [0.25, 0.3) is 0 Å². The second-order valence-electron chi connectivity index (χ2n) is 6.56. The monoisotopic (exact) mass is 384 g/mol. The van der Waals surface area contributed by atoms with E-state index in [-0.39, 0.29) is 10.8 Å². The van der Waals surface area contributed by atoms with Crippen molar-refractivity contribution in [2.24, 2.45) is 7.05 Å². The minimum atomic E-state index is -3.56. The molecule has 140 valence electrons. The lowest BCUT2D eigenvalue weighted by Gasteiger charge is -2.38. The summed E-state index contributed by atoms with van der Waals surface area (Å²) in [6.45, 7) is 0.946. The third-order valence-corrected chi connectivity index (χ3v) is 6.68. The average Bonchev–Trinajstić information content (AvgIpc) is 3.07. The van der Waals surface area contributed by atoms with Gasteiger partial charge < -0.3 is 4.74 Å². The summed E-state index contributed by atoms with van der Waals surface area (Å²) in [4.78, 5) is 4.27. The molecule has 27 heavy (non-hydrogen) atoms. The second kappa shape index (κ2) is 6.79. The van der Waals surface area contributed by atoms with Crippen LogP contribution in [0.2, 0.25) is 0 Å². The Balaban J connectivity index is 1.61. The highest BCUT2D eigenvalue weighted by Crippen LogP contribution is 2.36. The van der Waals surface area contributed by atoms with Gasteiger partial charge in [0.15, 0.2) is 0 Å². The summed E-state index contributed by atoms with van der Waals surface area (Å²) in [5, 5.41) is 4.16. The molecule has 0 amide bonds. The zero-order valence-electron chi connectivity index (χ0n) is 15.1. The van der Waals surface area contributed by atoms with Crippen LogP contribution < -0.4 is 4.74 Å². The highest BCUT2D eigenvalue weighted by Gasteiger charge is 2.37. The lowest BCUT2D eigenvalue weighted by molar-refractivity contribution is 0.264. The Hall–Kier alpha value is -2.71. The normalized spacial score (nSPS) is 15.5. The van der Waals surface area contributed by atoms with Gasteiger partial charge >= 0.3 is 0 Å². The van der Waals surface area contributed by atoms with Gasteiger partial charge in [-0.2, -0.15) is 9.40 Å². The van der Waals surface area contributed by atoms with Crippen LogP contribution in [-0.4, -0.2) is 47.7 Å². The highest BCUT2D eigenvalue weighted by molar-refractivity contribution is 7.89. The van der Waals surface area contributed by atoms with Gasteiger partial charge in [0.2, 0.25) is 10.0 Å². The van der Waals surface area contributed by atoms with E-state index in [4.69, 9.17) is 4.74 Å². The SMILES string of the molecule is COc1ccc(S(=O)(=O)N2CC(c3ccncc3)C2)cc1-c1cnn(C)c1. The molecule has 4 rings (SSSR count). The third-order valence-electron chi connectivity index (χ3n) is 4.85. The fraction of sp³-hybridized carbons (Fsp3) is 0.263. The molecule has 0 bridgehead atoms. The van der Waals surface area contributed by atoms with E-state index in [1.54, 1.807) is 48.6 Å². The van der Waals surface area contributed by atoms with E-state index in [0.717, 1.165) is 11.1 Å². The molecule has 3 aromatic rings. The summed E-state index contributed by atoms with van der Waals surface area (Å²) >= 11 is 0. The molecule has 2 aromatic heterocycles. The number of pyridine rings is 1. The maximum Gasteiger partial charge on any atom is 0.243 e. The summed E-state index contributed by atoms with van der Waals surface area (Å²) in [6.07, 6.45) is 6.99. The van der Waals surface area contributed by atoms with E-state index >= 15 is 0 Å². The fourth-order valence-corrected chi connectivity index (χ4v) is 4.82. The van der Waals surface area contributed by atoms with E-state index in [0.29, 0.717) is 24.4 Å². The maximum absolute atomic E-state index is 13.0. The number of rotatable bonds is 5. The van der Waals surface area contributed by atoms with E-state index in [2.05, 4.69) is 10.1 Å². The van der Waals surface area contributed by atoms with Crippen molar-refractivity contribution >= 4 is 10.0 Å². The van der Waals surface area contributed by atoms with Crippen LogP contribution in [0, 0.1) is 0 Å². The summed E-state index contributed by atoms with van der Waals surface area (Å²) in [7, 11) is -0.174. The van der Waals surface area contributed by atoms with Gasteiger partial charge in [-0.25, -0.2) is 8.42 Å². The number of hydrogen-bond donors (Lipinski definition) is 0. The Kier molecular flexibility index (Phi) is 4.45. The minimum Gasteiger partial charge on any atom is -0.496 e. The molecule has 1 aliphatic rings. The summed E-state index contributed by atoms with van der Waals surface area (Å²) < 4.78 is 34.6. The molecule has 1 aliphatic heterocycles. The van der Waals surface area contributed by atoms with Crippen molar-refractivity contribution in [3.05, 3.63) is 60.7 Å². The molecule has 0 radical (unpaired) electrons. The number of methoxy groups -OCH3 is 1. The molecule has 8 heteroatoms. The van der Waals surface area contributed by atoms with Gasteiger partial charge in [0, 0.05) is 55.8 Å². The quantitative estimate of drug-likeness (QED) is 0.674. The Bertz CT molecular complexity index is 1060. The third kappa shape index (κ3) is 3.22. The lowest BCUT2D eigenvalue weighted by Crippen LogP contribution is -2.48. The van der Waals surface area contributed by atoms with Crippen molar-refractivity contribution < 1.29 is 13.2 Å². The van der Waals surface area contributed by atoms with E-state index in [9.17, 15) is 8.42 Å².